The highest BCUT2D eigenvalue weighted by Gasteiger charge is 1.97. The maximum absolute atomic E-state index is 9.00. The van der Waals surface area contributed by atoms with Gasteiger partial charge in [0.25, 0.3) is 0 Å². The van der Waals surface area contributed by atoms with Crippen molar-refractivity contribution in [2.45, 2.75) is 33.3 Å². The maximum Gasteiger partial charge on any atom is 0.0722 e. The predicted octanol–water partition coefficient (Wildman–Crippen LogP) is 2.28. The largest absolute Gasteiger partial charge is 0.389 e. The van der Waals surface area contributed by atoms with E-state index < -0.39 is 0 Å². The van der Waals surface area contributed by atoms with Gasteiger partial charge in [-0.3, -0.25) is 0 Å². The first-order valence-electron chi connectivity index (χ1n) is 3.53. The second-order valence-electron chi connectivity index (χ2n) is 2.82. The fourth-order valence-electron chi connectivity index (χ4n) is 0.506. The van der Waals surface area contributed by atoms with Gasteiger partial charge in [0.05, 0.1) is 6.10 Å². The molecule has 0 aromatic rings. The van der Waals surface area contributed by atoms with Crippen molar-refractivity contribution in [2.24, 2.45) is 0 Å². The van der Waals surface area contributed by atoms with Crippen LogP contribution in [-0.4, -0.2) is 11.2 Å². The Hall–Kier alpha value is -0.560. The number of allylic oxidation sites excluding steroid dienone is 2. The maximum atomic E-state index is 9.00. The van der Waals surface area contributed by atoms with Crippen LogP contribution in [0.4, 0.5) is 0 Å². The van der Waals surface area contributed by atoms with Gasteiger partial charge < -0.3 is 5.11 Å². The molecule has 0 aliphatic rings. The van der Waals surface area contributed by atoms with Crippen molar-refractivity contribution in [2.75, 3.05) is 0 Å². The molecular weight excluding hydrogens is 124 g/mol. The van der Waals surface area contributed by atoms with Crippen LogP contribution in [0.5, 0.6) is 0 Å². The van der Waals surface area contributed by atoms with Gasteiger partial charge in [-0.25, -0.2) is 0 Å². The molecule has 0 aromatic heterocycles. The molecule has 0 heterocycles. The van der Waals surface area contributed by atoms with E-state index in [4.69, 9.17) is 5.11 Å². The summed E-state index contributed by atoms with van der Waals surface area (Å²) in [6, 6.07) is 0. The van der Waals surface area contributed by atoms with Crippen molar-refractivity contribution >= 4 is 0 Å². The van der Waals surface area contributed by atoms with Gasteiger partial charge in [-0.05, 0) is 32.8 Å². The van der Waals surface area contributed by atoms with Crippen molar-refractivity contribution in [3.63, 3.8) is 0 Å². The van der Waals surface area contributed by atoms with Crippen molar-refractivity contribution < 1.29 is 5.11 Å². The zero-order chi connectivity index (χ0) is 8.15. The van der Waals surface area contributed by atoms with Gasteiger partial charge in [-0.1, -0.05) is 18.2 Å². The number of aliphatic hydroxyl groups excluding tert-OH is 1. The summed E-state index contributed by atoms with van der Waals surface area (Å²) < 4.78 is 0. The fourth-order valence-corrected chi connectivity index (χ4v) is 0.506. The lowest BCUT2D eigenvalue weighted by Crippen LogP contribution is -2.01. The zero-order valence-corrected chi connectivity index (χ0v) is 7.02. The van der Waals surface area contributed by atoms with Gasteiger partial charge >= 0.3 is 0 Å². The van der Waals surface area contributed by atoms with Crippen LogP contribution in [-0.2, 0) is 0 Å². The third-order valence-electron chi connectivity index (χ3n) is 1.36. The van der Waals surface area contributed by atoms with E-state index in [1.54, 1.807) is 6.92 Å². The first-order valence-corrected chi connectivity index (χ1v) is 3.53. The Labute approximate surface area is 63.1 Å². The van der Waals surface area contributed by atoms with Gasteiger partial charge in [0.2, 0.25) is 0 Å². The third kappa shape index (κ3) is 4.33. The van der Waals surface area contributed by atoms with Gasteiger partial charge in [-0.2, -0.15) is 0 Å². The van der Waals surface area contributed by atoms with E-state index >= 15 is 0 Å². The van der Waals surface area contributed by atoms with Crippen molar-refractivity contribution in [3.8, 4) is 0 Å². The Bertz CT molecular complexity index is 139. The van der Waals surface area contributed by atoms with Crippen LogP contribution in [0.25, 0.3) is 0 Å². The number of aliphatic hydroxyl groups is 1. The summed E-state index contributed by atoms with van der Waals surface area (Å²) in [5.74, 6) is 0. The van der Waals surface area contributed by atoms with E-state index in [-0.39, 0.29) is 6.10 Å². The molecular formula is C9H16O. The van der Waals surface area contributed by atoms with Crippen LogP contribution in [0, 0.1) is 0 Å². The number of hydrogen-bond donors (Lipinski definition) is 1. The zero-order valence-electron chi connectivity index (χ0n) is 7.02. The molecule has 0 fully saturated rings. The summed E-state index contributed by atoms with van der Waals surface area (Å²) in [6.45, 7) is 9.54. The highest BCUT2D eigenvalue weighted by molar-refractivity contribution is 5.08. The minimum Gasteiger partial charge on any atom is -0.389 e. The molecule has 1 nitrogen and oxygen atoms in total. The average Bonchev–Trinajstić information content (AvgIpc) is 1.82. The van der Waals surface area contributed by atoms with Crippen molar-refractivity contribution in [1.29, 1.82) is 0 Å². The Morgan fingerprint density at radius 1 is 1.60 bits per heavy atom. The molecule has 1 heteroatoms. The molecule has 0 bridgehead atoms. The molecule has 0 spiro atoms. The molecule has 0 saturated heterocycles. The van der Waals surface area contributed by atoms with Crippen LogP contribution in [0.2, 0.25) is 0 Å². The predicted molar refractivity (Wildman–Crippen MR) is 44.9 cm³/mol. The Kier molecular flexibility index (Phi) is 4.05. The fraction of sp³-hybridized carbons (Fsp3) is 0.556. The lowest BCUT2D eigenvalue weighted by molar-refractivity contribution is 0.229. The SMILES string of the molecule is C=C(CC=C(C)C)C(C)O. The smallest absolute Gasteiger partial charge is 0.0722 e. The first kappa shape index (κ1) is 9.44. The van der Waals surface area contributed by atoms with Gasteiger partial charge in [0.1, 0.15) is 0 Å². The second-order valence-corrected chi connectivity index (χ2v) is 2.82. The molecule has 0 rings (SSSR count). The molecule has 0 radical (unpaired) electrons. The summed E-state index contributed by atoms with van der Waals surface area (Å²) in [6.07, 6.45) is 2.48. The third-order valence-corrected chi connectivity index (χ3v) is 1.36. The summed E-state index contributed by atoms with van der Waals surface area (Å²) >= 11 is 0. The van der Waals surface area contributed by atoms with E-state index in [0.717, 1.165) is 12.0 Å². The van der Waals surface area contributed by atoms with Crippen LogP contribution < -0.4 is 0 Å². The summed E-state index contributed by atoms with van der Waals surface area (Å²) in [7, 11) is 0. The normalized spacial score (nSPS) is 12.4. The van der Waals surface area contributed by atoms with E-state index in [2.05, 4.69) is 12.7 Å². The van der Waals surface area contributed by atoms with Crippen LogP contribution in [0.1, 0.15) is 27.2 Å². The van der Waals surface area contributed by atoms with Gasteiger partial charge in [-0.15, -0.1) is 0 Å². The average molecular weight is 140 g/mol. The van der Waals surface area contributed by atoms with Crippen LogP contribution >= 0.6 is 0 Å². The molecule has 0 saturated carbocycles. The molecule has 58 valence electrons. The van der Waals surface area contributed by atoms with Crippen molar-refractivity contribution in [3.05, 3.63) is 23.8 Å². The number of rotatable bonds is 3. The van der Waals surface area contributed by atoms with Crippen molar-refractivity contribution in [1.82, 2.24) is 0 Å². The molecule has 0 aromatic carbocycles. The highest BCUT2D eigenvalue weighted by Crippen LogP contribution is 2.06. The standard InChI is InChI=1S/C9H16O/c1-7(2)5-6-8(3)9(4)10/h5,9-10H,3,6H2,1-2,4H3. The topological polar surface area (TPSA) is 20.2 Å². The van der Waals surface area contributed by atoms with E-state index in [1.807, 2.05) is 13.8 Å². The second kappa shape index (κ2) is 4.29. The van der Waals surface area contributed by atoms with Crippen LogP contribution in [0.3, 0.4) is 0 Å². The summed E-state index contributed by atoms with van der Waals surface area (Å²) in [5.41, 5.74) is 2.14. The van der Waals surface area contributed by atoms with Gasteiger partial charge in [0, 0.05) is 0 Å². The molecule has 1 atom stereocenters. The first-order chi connectivity index (χ1) is 4.54. The lowest BCUT2D eigenvalue weighted by atomic mass is 10.1. The lowest BCUT2D eigenvalue weighted by Gasteiger charge is -2.04. The minimum atomic E-state index is -0.379. The Balaban J connectivity index is 3.71. The molecule has 1 N–H and O–H groups in total. The molecule has 0 aliphatic carbocycles. The van der Waals surface area contributed by atoms with Crippen LogP contribution in [0.15, 0.2) is 23.8 Å². The molecule has 1 unspecified atom stereocenters. The van der Waals surface area contributed by atoms with Gasteiger partial charge in [0.15, 0.2) is 0 Å². The number of hydrogen-bond acceptors (Lipinski definition) is 1. The Morgan fingerprint density at radius 3 is 2.40 bits per heavy atom. The van der Waals surface area contributed by atoms with E-state index in [1.165, 1.54) is 5.57 Å². The minimum absolute atomic E-state index is 0.379. The molecule has 10 heavy (non-hydrogen) atoms. The monoisotopic (exact) mass is 140 g/mol. The Morgan fingerprint density at radius 2 is 2.10 bits per heavy atom. The van der Waals surface area contributed by atoms with E-state index in [0.29, 0.717) is 0 Å². The summed E-state index contributed by atoms with van der Waals surface area (Å²) in [4.78, 5) is 0. The van der Waals surface area contributed by atoms with E-state index in [9.17, 15) is 0 Å². The molecule has 0 amide bonds. The molecule has 0 aliphatic heterocycles. The summed E-state index contributed by atoms with van der Waals surface area (Å²) in [5, 5.41) is 9.00. The quantitative estimate of drug-likeness (QED) is 0.596. The highest BCUT2D eigenvalue weighted by atomic mass is 16.3.